The van der Waals surface area contributed by atoms with Crippen LogP contribution in [-0.4, -0.2) is 27.5 Å². The fraction of sp³-hybridized carbons (Fsp3) is 0.238. The predicted octanol–water partition coefficient (Wildman–Crippen LogP) is 4.63. The molecule has 0 spiro atoms. The van der Waals surface area contributed by atoms with E-state index in [1.165, 1.54) is 5.56 Å². The second kappa shape index (κ2) is 5.73. The summed E-state index contributed by atoms with van der Waals surface area (Å²) >= 11 is 0. The molecule has 0 bridgehead atoms. The fourth-order valence-corrected chi connectivity index (χ4v) is 3.26. The van der Waals surface area contributed by atoms with Crippen molar-refractivity contribution in [1.29, 1.82) is 5.41 Å². The second-order valence-corrected chi connectivity index (χ2v) is 7.66. The Morgan fingerprint density at radius 2 is 1.77 bits per heavy atom. The number of imidazole rings is 1. The first-order chi connectivity index (χ1) is 12.3. The first-order valence-electron chi connectivity index (χ1n) is 8.69. The summed E-state index contributed by atoms with van der Waals surface area (Å²) in [6.07, 6.45) is 0. The average molecular weight is 346 g/mol. The van der Waals surface area contributed by atoms with Crippen molar-refractivity contribution in [2.45, 2.75) is 26.2 Å². The number of benzene rings is 2. The topological polar surface area (TPSA) is 76.0 Å². The van der Waals surface area contributed by atoms with E-state index in [9.17, 15) is 5.11 Å². The van der Waals surface area contributed by atoms with Crippen molar-refractivity contribution in [2.75, 3.05) is 11.4 Å². The van der Waals surface area contributed by atoms with Crippen molar-refractivity contribution in [3.8, 4) is 0 Å². The van der Waals surface area contributed by atoms with Gasteiger partial charge in [-0.3, -0.25) is 5.41 Å². The number of aromatic amines is 1. The molecule has 2 heterocycles. The monoisotopic (exact) mass is 346 g/mol. The maximum atomic E-state index is 10.5. The summed E-state index contributed by atoms with van der Waals surface area (Å²) in [4.78, 5) is 9.53. The lowest BCUT2D eigenvalue weighted by atomic mass is 9.87. The van der Waals surface area contributed by atoms with E-state index in [-0.39, 0.29) is 23.6 Å². The van der Waals surface area contributed by atoms with Gasteiger partial charge in [-0.15, -0.1) is 0 Å². The zero-order valence-electron chi connectivity index (χ0n) is 15.2. The van der Waals surface area contributed by atoms with Crippen LogP contribution in [0, 0.1) is 5.41 Å². The third kappa shape index (κ3) is 2.65. The Morgan fingerprint density at radius 3 is 2.42 bits per heavy atom. The van der Waals surface area contributed by atoms with Crippen LogP contribution in [0.1, 0.15) is 32.2 Å². The SMILES string of the molecule is CC(C)(C)c1ccc(N2CC(O)=C(c3nc4ccccc4[nH]3)C2=N)cc1. The summed E-state index contributed by atoms with van der Waals surface area (Å²) in [5.41, 5.74) is 4.38. The average Bonchev–Trinajstić information content (AvgIpc) is 3.14. The molecule has 0 aliphatic carbocycles. The minimum atomic E-state index is 0.0802. The minimum absolute atomic E-state index is 0.0802. The summed E-state index contributed by atoms with van der Waals surface area (Å²) in [5.74, 6) is 0.946. The number of fused-ring (bicyclic) bond motifs is 1. The summed E-state index contributed by atoms with van der Waals surface area (Å²) in [6, 6.07) is 15.9. The summed E-state index contributed by atoms with van der Waals surface area (Å²) in [6.45, 7) is 6.80. The van der Waals surface area contributed by atoms with Crippen molar-refractivity contribution >= 4 is 28.1 Å². The van der Waals surface area contributed by atoms with Gasteiger partial charge in [-0.05, 0) is 35.2 Å². The molecule has 5 heteroatoms. The van der Waals surface area contributed by atoms with Gasteiger partial charge in [0.15, 0.2) is 0 Å². The Hall–Kier alpha value is -3.08. The van der Waals surface area contributed by atoms with E-state index in [0.29, 0.717) is 11.4 Å². The number of aliphatic hydroxyl groups excluding tert-OH is 1. The highest BCUT2D eigenvalue weighted by atomic mass is 16.3. The molecule has 0 fully saturated rings. The van der Waals surface area contributed by atoms with Gasteiger partial charge in [0.25, 0.3) is 0 Å². The van der Waals surface area contributed by atoms with Gasteiger partial charge in [0.1, 0.15) is 17.4 Å². The van der Waals surface area contributed by atoms with Crippen molar-refractivity contribution in [1.82, 2.24) is 9.97 Å². The molecular weight excluding hydrogens is 324 g/mol. The van der Waals surface area contributed by atoms with Gasteiger partial charge in [-0.25, -0.2) is 4.98 Å². The zero-order valence-corrected chi connectivity index (χ0v) is 15.2. The van der Waals surface area contributed by atoms with Crippen LogP contribution in [0.15, 0.2) is 54.3 Å². The Labute approximate surface area is 152 Å². The molecule has 1 aromatic heterocycles. The van der Waals surface area contributed by atoms with Gasteiger partial charge in [0, 0.05) is 5.69 Å². The molecule has 2 aromatic carbocycles. The Bertz CT molecular complexity index is 989. The van der Waals surface area contributed by atoms with Gasteiger partial charge in [0.05, 0.1) is 23.2 Å². The molecule has 0 saturated heterocycles. The van der Waals surface area contributed by atoms with E-state index in [1.54, 1.807) is 4.90 Å². The van der Waals surface area contributed by atoms with Gasteiger partial charge < -0.3 is 15.0 Å². The molecule has 0 amide bonds. The highest BCUT2D eigenvalue weighted by molar-refractivity contribution is 6.30. The van der Waals surface area contributed by atoms with Gasteiger partial charge in [-0.1, -0.05) is 45.0 Å². The number of aromatic nitrogens is 2. The maximum absolute atomic E-state index is 10.5. The van der Waals surface area contributed by atoms with E-state index < -0.39 is 0 Å². The standard InChI is InChI=1S/C21H22N4O/c1-21(2,3)13-8-10-14(11-9-13)25-12-17(26)18(19(25)22)20-23-15-6-4-5-7-16(15)24-20/h4-11,22,26H,12H2,1-3H3,(H,23,24). The van der Waals surface area contributed by atoms with Crippen LogP contribution < -0.4 is 4.90 Å². The summed E-state index contributed by atoms with van der Waals surface area (Å²) in [7, 11) is 0. The first-order valence-corrected chi connectivity index (χ1v) is 8.69. The number of aliphatic hydroxyl groups is 1. The summed E-state index contributed by atoms with van der Waals surface area (Å²) in [5, 5.41) is 19.1. The minimum Gasteiger partial charge on any atom is -0.509 e. The number of H-pyrrole nitrogens is 1. The Balaban J connectivity index is 1.66. The number of rotatable bonds is 2. The van der Waals surface area contributed by atoms with E-state index in [2.05, 4.69) is 42.9 Å². The largest absolute Gasteiger partial charge is 0.509 e. The number of nitrogens with one attached hydrogen (secondary N) is 2. The van der Waals surface area contributed by atoms with Crippen molar-refractivity contribution in [2.24, 2.45) is 0 Å². The second-order valence-electron chi connectivity index (χ2n) is 7.66. The van der Waals surface area contributed by atoms with Gasteiger partial charge in [-0.2, -0.15) is 0 Å². The molecule has 0 atom stereocenters. The zero-order chi connectivity index (χ0) is 18.5. The summed E-state index contributed by atoms with van der Waals surface area (Å²) < 4.78 is 0. The van der Waals surface area contributed by atoms with Crippen molar-refractivity contribution in [3.63, 3.8) is 0 Å². The number of nitrogens with zero attached hydrogens (tertiary/aromatic N) is 2. The van der Waals surface area contributed by atoms with Crippen LogP contribution in [-0.2, 0) is 5.41 Å². The van der Waals surface area contributed by atoms with E-state index >= 15 is 0 Å². The highest BCUT2D eigenvalue weighted by Crippen LogP contribution is 2.32. The molecule has 26 heavy (non-hydrogen) atoms. The van der Waals surface area contributed by atoms with Crippen LogP contribution in [0.3, 0.4) is 0 Å². The molecule has 3 aromatic rings. The van der Waals surface area contributed by atoms with E-state index in [1.807, 2.05) is 36.4 Å². The van der Waals surface area contributed by atoms with E-state index in [4.69, 9.17) is 5.41 Å². The molecule has 4 rings (SSSR count). The smallest absolute Gasteiger partial charge is 0.145 e. The van der Waals surface area contributed by atoms with Gasteiger partial charge >= 0.3 is 0 Å². The van der Waals surface area contributed by atoms with Crippen LogP contribution in [0.5, 0.6) is 0 Å². The lowest BCUT2D eigenvalue weighted by molar-refractivity contribution is 0.411. The van der Waals surface area contributed by atoms with Gasteiger partial charge in [0.2, 0.25) is 0 Å². The molecule has 5 nitrogen and oxygen atoms in total. The molecule has 132 valence electrons. The number of anilines is 1. The molecule has 3 N–H and O–H groups in total. The quantitative estimate of drug-likeness (QED) is 0.633. The van der Waals surface area contributed by atoms with Crippen LogP contribution in [0.25, 0.3) is 16.6 Å². The molecule has 0 saturated carbocycles. The lowest BCUT2D eigenvalue weighted by Crippen LogP contribution is -2.26. The maximum Gasteiger partial charge on any atom is 0.145 e. The van der Waals surface area contributed by atoms with Crippen LogP contribution in [0.2, 0.25) is 0 Å². The normalized spacial score (nSPS) is 15.3. The fourth-order valence-electron chi connectivity index (χ4n) is 3.26. The number of amidine groups is 1. The molecule has 0 radical (unpaired) electrons. The molecule has 1 aliphatic rings. The van der Waals surface area contributed by atoms with Crippen molar-refractivity contribution in [3.05, 3.63) is 65.7 Å². The highest BCUT2D eigenvalue weighted by Gasteiger charge is 2.31. The number of hydrogen-bond donors (Lipinski definition) is 3. The Kier molecular flexibility index (Phi) is 3.61. The van der Waals surface area contributed by atoms with Crippen molar-refractivity contribution < 1.29 is 5.11 Å². The number of para-hydroxylation sites is 2. The van der Waals surface area contributed by atoms with E-state index in [0.717, 1.165) is 16.7 Å². The third-order valence-electron chi connectivity index (χ3n) is 4.77. The first kappa shape index (κ1) is 16.4. The molecule has 0 unspecified atom stereocenters. The Morgan fingerprint density at radius 1 is 1.08 bits per heavy atom. The third-order valence-corrected chi connectivity index (χ3v) is 4.77. The predicted molar refractivity (Wildman–Crippen MR) is 106 cm³/mol. The molecular formula is C21H22N4O. The lowest BCUT2D eigenvalue weighted by Gasteiger charge is -2.22. The molecule has 1 aliphatic heterocycles. The van der Waals surface area contributed by atoms with Crippen LogP contribution in [0.4, 0.5) is 5.69 Å². The van der Waals surface area contributed by atoms with Crippen LogP contribution >= 0.6 is 0 Å². The number of hydrogen-bond acceptors (Lipinski definition) is 3.